The van der Waals surface area contributed by atoms with Gasteiger partial charge in [-0.15, -0.1) is 0 Å². The van der Waals surface area contributed by atoms with Crippen molar-refractivity contribution in [2.75, 3.05) is 6.61 Å². The predicted octanol–water partition coefficient (Wildman–Crippen LogP) is 0.418. The van der Waals surface area contributed by atoms with Gasteiger partial charge in [0.25, 0.3) is 0 Å². The molecule has 1 unspecified atom stereocenters. The monoisotopic (exact) mass is 144 g/mol. The SMILES string of the molecule is C=C1CC(CO)OC(=O)O1. The summed E-state index contributed by atoms with van der Waals surface area (Å²) in [6, 6.07) is 0. The molecule has 0 bridgehead atoms. The molecule has 1 saturated heterocycles. The number of carbonyl (C=O) groups is 1. The minimum absolute atomic E-state index is 0.186. The molecule has 4 nitrogen and oxygen atoms in total. The van der Waals surface area contributed by atoms with Crippen LogP contribution in [0.15, 0.2) is 12.3 Å². The van der Waals surface area contributed by atoms with Crippen LogP contribution in [0.3, 0.4) is 0 Å². The van der Waals surface area contributed by atoms with Crippen LogP contribution in [0.25, 0.3) is 0 Å². The van der Waals surface area contributed by atoms with Crippen molar-refractivity contribution < 1.29 is 19.4 Å². The van der Waals surface area contributed by atoms with E-state index < -0.39 is 12.3 Å². The lowest BCUT2D eigenvalue weighted by Gasteiger charge is -2.21. The Morgan fingerprint density at radius 1 is 1.80 bits per heavy atom. The van der Waals surface area contributed by atoms with Crippen LogP contribution in [0, 0.1) is 0 Å². The molecule has 1 aliphatic rings. The normalized spacial score (nSPS) is 25.5. The summed E-state index contributed by atoms with van der Waals surface area (Å²) in [5.74, 6) is 0.343. The first-order chi connectivity index (χ1) is 4.72. The molecule has 1 atom stereocenters. The van der Waals surface area contributed by atoms with Crippen LogP contribution in [-0.2, 0) is 9.47 Å². The molecule has 0 aliphatic carbocycles. The zero-order valence-electron chi connectivity index (χ0n) is 5.37. The molecule has 0 spiro atoms. The van der Waals surface area contributed by atoms with Crippen molar-refractivity contribution in [2.24, 2.45) is 0 Å². The molecule has 1 fully saturated rings. The lowest BCUT2D eigenvalue weighted by Crippen LogP contribution is -2.28. The Kier molecular flexibility index (Phi) is 1.91. The van der Waals surface area contributed by atoms with Gasteiger partial charge in [-0.25, -0.2) is 4.79 Å². The minimum Gasteiger partial charge on any atom is -0.428 e. The maximum atomic E-state index is 10.4. The third kappa shape index (κ3) is 1.48. The standard InChI is InChI=1S/C6H8O4/c1-4-2-5(3-7)10-6(8)9-4/h5,7H,1-3H2. The van der Waals surface area contributed by atoms with Crippen molar-refractivity contribution >= 4 is 6.16 Å². The smallest absolute Gasteiger partial charge is 0.428 e. The second kappa shape index (κ2) is 2.70. The Balaban J connectivity index is 2.50. The number of cyclic esters (lactones) is 2. The number of hydrogen-bond acceptors (Lipinski definition) is 4. The number of hydrogen-bond donors (Lipinski definition) is 1. The van der Waals surface area contributed by atoms with Crippen LogP contribution in [-0.4, -0.2) is 24.0 Å². The molecule has 0 radical (unpaired) electrons. The summed E-state index contributed by atoms with van der Waals surface area (Å²) in [6.07, 6.45) is -0.883. The van der Waals surface area contributed by atoms with Crippen LogP contribution in [0.1, 0.15) is 6.42 Å². The van der Waals surface area contributed by atoms with Gasteiger partial charge in [0.2, 0.25) is 0 Å². The first-order valence-electron chi connectivity index (χ1n) is 2.89. The number of aliphatic hydroxyl groups excluding tert-OH is 1. The summed E-state index contributed by atoms with van der Waals surface area (Å²) in [6.45, 7) is 3.24. The zero-order chi connectivity index (χ0) is 7.56. The van der Waals surface area contributed by atoms with Gasteiger partial charge in [0, 0.05) is 6.42 Å². The highest BCUT2D eigenvalue weighted by atomic mass is 16.7. The van der Waals surface area contributed by atoms with Crippen LogP contribution >= 0.6 is 0 Å². The second-order valence-corrected chi connectivity index (χ2v) is 2.02. The van der Waals surface area contributed by atoms with Crippen LogP contribution in [0.4, 0.5) is 4.79 Å². The first-order valence-corrected chi connectivity index (χ1v) is 2.89. The molecule has 1 rings (SSSR count). The van der Waals surface area contributed by atoms with Gasteiger partial charge >= 0.3 is 6.16 Å². The maximum Gasteiger partial charge on any atom is 0.513 e. The summed E-state index contributed by atoms with van der Waals surface area (Å²) in [5.41, 5.74) is 0. The van der Waals surface area contributed by atoms with Gasteiger partial charge in [-0.3, -0.25) is 0 Å². The first kappa shape index (κ1) is 7.08. The molecule has 0 aromatic heterocycles. The van der Waals surface area contributed by atoms with E-state index in [1.54, 1.807) is 0 Å². The van der Waals surface area contributed by atoms with Gasteiger partial charge < -0.3 is 14.6 Å². The molecule has 1 aliphatic heterocycles. The van der Waals surface area contributed by atoms with Gasteiger partial charge in [-0.2, -0.15) is 0 Å². The Morgan fingerprint density at radius 3 is 3.00 bits per heavy atom. The highest BCUT2D eigenvalue weighted by molar-refractivity contribution is 5.62. The highest BCUT2D eigenvalue weighted by Crippen LogP contribution is 2.15. The molecule has 10 heavy (non-hydrogen) atoms. The number of rotatable bonds is 1. The molecule has 0 saturated carbocycles. The molecule has 56 valence electrons. The Bertz CT molecular complexity index is 147. The molecule has 4 heteroatoms. The fourth-order valence-corrected chi connectivity index (χ4v) is 0.717. The molecular formula is C6H8O4. The molecular weight excluding hydrogens is 136 g/mol. The van der Waals surface area contributed by atoms with Crippen LogP contribution in [0.2, 0.25) is 0 Å². The lowest BCUT2D eigenvalue weighted by molar-refractivity contribution is -0.0160. The lowest BCUT2D eigenvalue weighted by atomic mass is 10.2. The molecule has 0 amide bonds. The van der Waals surface area contributed by atoms with Crippen molar-refractivity contribution in [1.29, 1.82) is 0 Å². The largest absolute Gasteiger partial charge is 0.513 e. The van der Waals surface area contributed by atoms with E-state index in [0.29, 0.717) is 12.2 Å². The summed E-state index contributed by atoms with van der Waals surface area (Å²) >= 11 is 0. The van der Waals surface area contributed by atoms with E-state index in [1.807, 2.05) is 0 Å². The fourth-order valence-electron chi connectivity index (χ4n) is 0.717. The second-order valence-electron chi connectivity index (χ2n) is 2.02. The van der Waals surface area contributed by atoms with E-state index in [1.165, 1.54) is 0 Å². The van der Waals surface area contributed by atoms with Crippen LogP contribution < -0.4 is 0 Å². The number of aliphatic hydroxyl groups is 1. The van der Waals surface area contributed by atoms with Crippen molar-refractivity contribution in [3.05, 3.63) is 12.3 Å². The average Bonchev–Trinajstić information content (AvgIpc) is 1.85. The predicted molar refractivity (Wildman–Crippen MR) is 32.2 cm³/mol. The van der Waals surface area contributed by atoms with Gasteiger partial charge in [0.1, 0.15) is 11.9 Å². The van der Waals surface area contributed by atoms with E-state index in [0.717, 1.165) is 0 Å². The summed E-state index contributed by atoms with van der Waals surface area (Å²) in [4.78, 5) is 10.4. The van der Waals surface area contributed by atoms with E-state index in [4.69, 9.17) is 5.11 Å². The molecule has 0 aromatic rings. The molecule has 0 aromatic carbocycles. The fraction of sp³-hybridized carbons (Fsp3) is 0.500. The molecule has 1 heterocycles. The van der Waals surface area contributed by atoms with Gasteiger partial charge in [-0.05, 0) is 0 Å². The Hall–Kier alpha value is -1.03. The van der Waals surface area contributed by atoms with E-state index in [-0.39, 0.29) is 6.61 Å². The van der Waals surface area contributed by atoms with E-state index in [9.17, 15) is 4.79 Å². The number of ether oxygens (including phenoxy) is 2. The average molecular weight is 144 g/mol. The van der Waals surface area contributed by atoms with Crippen molar-refractivity contribution in [1.82, 2.24) is 0 Å². The van der Waals surface area contributed by atoms with Crippen molar-refractivity contribution in [2.45, 2.75) is 12.5 Å². The van der Waals surface area contributed by atoms with Crippen molar-refractivity contribution in [3.63, 3.8) is 0 Å². The van der Waals surface area contributed by atoms with E-state index >= 15 is 0 Å². The topological polar surface area (TPSA) is 55.8 Å². The summed E-state index contributed by atoms with van der Waals surface area (Å²) in [7, 11) is 0. The third-order valence-corrected chi connectivity index (χ3v) is 1.15. The van der Waals surface area contributed by atoms with Crippen LogP contribution in [0.5, 0.6) is 0 Å². The molecule has 1 N–H and O–H groups in total. The van der Waals surface area contributed by atoms with Gasteiger partial charge in [0.15, 0.2) is 0 Å². The van der Waals surface area contributed by atoms with E-state index in [2.05, 4.69) is 16.1 Å². The highest BCUT2D eigenvalue weighted by Gasteiger charge is 2.23. The quantitative estimate of drug-likeness (QED) is 0.542. The minimum atomic E-state index is -0.782. The third-order valence-electron chi connectivity index (χ3n) is 1.15. The summed E-state index contributed by atoms with van der Waals surface area (Å²) < 4.78 is 8.99. The Morgan fingerprint density at radius 2 is 2.50 bits per heavy atom. The zero-order valence-corrected chi connectivity index (χ0v) is 5.37. The van der Waals surface area contributed by atoms with Gasteiger partial charge in [-0.1, -0.05) is 6.58 Å². The Labute approximate surface area is 58.1 Å². The maximum absolute atomic E-state index is 10.4. The summed E-state index contributed by atoms with van der Waals surface area (Å²) in [5, 5.41) is 8.55. The van der Waals surface area contributed by atoms with Gasteiger partial charge in [0.05, 0.1) is 6.61 Å². The van der Waals surface area contributed by atoms with Crippen molar-refractivity contribution in [3.8, 4) is 0 Å². The number of carbonyl (C=O) groups excluding carboxylic acids is 1.